The molecule has 1 aliphatic heterocycles. The van der Waals surface area contributed by atoms with E-state index in [1.165, 1.54) is 22.3 Å². The number of pyridine rings is 1. The predicted molar refractivity (Wildman–Crippen MR) is 139 cm³/mol. The third kappa shape index (κ3) is 5.39. The molecule has 0 saturated carbocycles. The summed E-state index contributed by atoms with van der Waals surface area (Å²) in [4.78, 5) is 7.57. The van der Waals surface area contributed by atoms with Crippen LogP contribution in [0.2, 0.25) is 0 Å². The van der Waals surface area contributed by atoms with Crippen molar-refractivity contribution in [1.29, 1.82) is 0 Å². The molecule has 188 valence electrons. The summed E-state index contributed by atoms with van der Waals surface area (Å²) in [6.07, 6.45) is 8.43. The van der Waals surface area contributed by atoms with Gasteiger partial charge < -0.3 is 9.84 Å². The molecule has 0 bridgehead atoms. The van der Waals surface area contributed by atoms with Crippen LogP contribution in [0.15, 0.2) is 67.0 Å². The minimum atomic E-state index is -0.264. The fourth-order valence-electron chi connectivity index (χ4n) is 5.40. The molecule has 5 rings (SSSR count). The second-order valence-electron chi connectivity index (χ2n) is 9.57. The highest BCUT2D eigenvalue weighted by Gasteiger charge is 2.24. The van der Waals surface area contributed by atoms with Gasteiger partial charge in [0.05, 0.1) is 6.67 Å². The molecule has 3 aromatic rings. The second-order valence-corrected chi connectivity index (χ2v) is 9.57. The molecular formula is C30H34FN2O3+. The number of aromatic nitrogens is 1. The Hall–Kier alpha value is -3.38. The Morgan fingerprint density at radius 3 is 2.58 bits per heavy atom. The Bertz CT molecular complexity index is 1210. The first-order valence-electron chi connectivity index (χ1n) is 12.8. The zero-order chi connectivity index (χ0) is 24.9. The topological polar surface area (TPSA) is 45.8 Å². The summed E-state index contributed by atoms with van der Waals surface area (Å²) in [6.45, 7) is 2.34. The highest BCUT2D eigenvalue weighted by molar-refractivity contribution is 5.99. The molecule has 5 nitrogen and oxygen atoms in total. The third-order valence-electron chi connectivity index (χ3n) is 7.18. The largest absolute Gasteiger partial charge is 0.508 e. The Balaban J connectivity index is 1.46. The zero-order valence-electron chi connectivity index (χ0n) is 20.8. The minimum Gasteiger partial charge on any atom is -0.508 e. The van der Waals surface area contributed by atoms with Gasteiger partial charge in [-0.05, 0) is 89.8 Å². The first-order valence-corrected chi connectivity index (χ1v) is 12.8. The summed E-state index contributed by atoms with van der Waals surface area (Å²) in [5, 5.41) is 10.1. The Labute approximate surface area is 212 Å². The van der Waals surface area contributed by atoms with Crippen LogP contribution >= 0.6 is 0 Å². The molecule has 0 spiro atoms. The molecule has 0 amide bonds. The molecule has 1 atom stereocenters. The van der Waals surface area contributed by atoms with E-state index < -0.39 is 0 Å². The standard InChI is InChI=1S/C30H33FN2O3/c1-35-33-18-12-22(13-19-33)28-5-2-4-24-20-25(34)8-11-29(24)30(28)23-6-9-26(10-7-23)36-27-14-17-32(21-27)16-3-15-31/h6-13,18-20,27H,2-5,14-17,21H2,1H3/p+1. The number of fused-ring (bicyclic) bond motifs is 1. The van der Waals surface area contributed by atoms with Gasteiger partial charge in [0.25, 0.3) is 0 Å². The van der Waals surface area contributed by atoms with E-state index in [2.05, 4.69) is 41.3 Å². The van der Waals surface area contributed by atoms with E-state index in [0.29, 0.717) is 12.2 Å². The van der Waals surface area contributed by atoms with E-state index in [-0.39, 0.29) is 12.8 Å². The highest BCUT2D eigenvalue weighted by atomic mass is 19.1. The van der Waals surface area contributed by atoms with Crippen molar-refractivity contribution in [2.24, 2.45) is 0 Å². The van der Waals surface area contributed by atoms with Crippen LogP contribution in [0.25, 0.3) is 11.1 Å². The van der Waals surface area contributed by atoms with E-state index in [0.717, 1.165) is 62.2 Å². The number of phenolic OH excluding ortho intramolecular Hbond substituents is 1. The molecule has 1 N–H and O–H groups in total. The third-order valence-corrected chi connectivity index (χ3v) is 7.18. The molecule has 2 heterocycles. The highest BCUT2D eigenvalue weighted by Crippen LogP contribution is 2.41. The molecule has 2 aliphatic rings. The van der Waals surface area contributed by atoms with Gasteiger partial charge in [-0.3, -0.25) is 14.1 Å². The Morgan fingerprint density at radius 1 is 1.03 bits per heavy atom. The van der Waals surface area contributed by atoms with Crippen molar-refractivity contribution in [3.8, 4) is 11.5 Å². The summed E-state index contributed by atoms with van der Waals surface area (Å²) in [7, 11) is 1.65. The van der Waals surface area contributed by atoms with Gasteiger partial charge in [0.1, 0.15) is 24.7 Å². The van der Waals surface area contributed by atoms with Crippen LogP contribution in [0.3, 0.4) is 0 Å². The summed E-state index contributed by atoms with van der Waals surface area (Å²) >= 11 is 0. The maximum Gasteiger partial charge on any atom is 0.223 e. The first kappa shape index (κ1) is 24.3. The van der Waals surface area contributed by atoms with Crippen molar-refractivity contribution in [2.45, 2.75) is 38.2 Å². The fourth-order valence-corrected chi connectivity index (χ4v) is 5.40. The van der Waals surface area contributed by atoms with Gasteiger partial charge in [-0.1, -0.05) is 18.2 Å². The summed E-state index contributed by atoms with van der Waals surface area (Å²) in [6, 6.07) is 18.3. The van der Waals surface area contributed by atoms with Crippen LogP contribution in [-0.2, 0) is 6.42 Å². The molecular weight excluding hydrogens is 455 g/mol. The van der Waals surface area contributed by atoms with Crippen LogP contribution in [0.1, 0.15) is 47.9 Å². The molecule has 1 fully saturated rings. The number of likely N-dealkylation sites (tertiary alicyclic amines) is 1. The summed E-state index contributed by atoms with van der Waals surface area (Å²) in [5.74, 6) is 1.16. The number of rotatable bonds is 8. The van der Waals surface area contributed by atoms with Crippen LogP contribution in [0, 0.1) is 0 Å². The van der Waals surface area contributed by atoms with E-state index in [1.54, 1.807) is 17.9 Å². The van der Waals surface area contributed by atoms with Crippen LogP contribution in [0.4, 0.5) is 4.39 Å². The number of aryl methyl sites for hydroxylation is 1. The zero-order valence-corrected chi connectivity index (χ0v) is 20.8. The lowest BCUT2D eigenvalue weighted by Crippen LogP contribution is -2.39. The van der Waals surface area contributed by atoms with E-state index in [9.17, 15) is 9.50 Å². The Morgan fingerprint density at radius 2 is 1.83 bits per heavy atom. The lowest BCUT2D eigenvalue weighted by Gasteiger charge is -2.18. The van der Waals surface area contributed by atoms with E-state index >= 15 is 0 Å². The number of aromatic hydroxyl groups is 1. The van der Waals surface area contributed by atoms with Gasteiger partial charge in [-0.15, -0.1) is 0 Å². The predicted octanol–water partition coefficient (Wildman–Crippen LogP) is 4.85. The molecule has 0 radical (unpaired) electrons. The molecule has 1 aromatic heterocycles. The molecule has 6 heteroatoms. The number of ether oxygens (including phenoxy) is 1. The van der Waals surface area contributed by atoms with Gasteiger partial charge in [0, 0.05) is 36.5 Å². The first-order chi connectivity index (χ1) is 17.6. The summed E-state index contributed by atoms with van der Waals surface area (Å²) in [5.41, 5.74) is 7.11. The number of benzene rings is 2. The molecule has 1 aliphatic carbocycles. The number of hydrogen-bond acceptors (Lipinski definition) is 4. The maximum absolute atomic E-state index is 12.5. The van der Waals surface area contributed by atoms with Crippen LogP contribution in [0.5, 0.6) is 11.5 Å². The SMILES string of the molecule is CO[n+]1ccc(C2=C(c3ccc(OC4CCN(CCCF)C4)cc3)c3ccc(O)cc3CCC2)cc1. The van der Waals surface area contributed by atoms with Gasteiger partial charge in [-0.25, -0.2) is 0 Å². The lowest BCUT2D eigenvalue weighted by molar-refractivity contribution is -0.885. The van der Waals surface area contributed by atoms with E-state index in [1.807, 2.05) is 24.5 Å². The fraction of sp³-hybridized carbons (Fsp3) is 0.367. The Kier molecular flexibility index (Phi) is 7.52. The van der Waals surface area contributed by atoms with Crippen molar-refractivity contribution in [3.05, 3.63) is 89.2 Å². The van der Waals surface area contributed by atoms with E-state index in [4.69, 9.17) is 9.57 Å². The molecule has 36 heavy (non-hydrogen) atoms. The number of hydrogen-bond donors (Lipinski definition) is 1. The van der Waals surface area contributed by atoms with Gasteiger partial charge in [0.15, 0.2) is 0 Å². The van der Waals surface area contributed by atoms with Crippen molar-refractivity contribution in [1.82, 2.24) is 4.90 Å². The van der Waals surface area contributed by atoms with Crippen molar-refractivity contribution in [3.63, 3.8) is 0 Å². The second kappa shape index (κ2) is 11.1. The van der Waals surface area contributed by atoms with Crippen molar-refractivity contribution < 1.29 is 23.8 Å². The van der Waals surface area contributed by atoms with Gasteiger partial charge >= 0.3 is 0 Å². The number of halogens is 1. The van der Waals surface area contributed by atoms with Crippen molar-refractivity contribution >= 4 is 11.1 Å². The molecule has 1 unspecified atom stereocenters. The average molecular weight is 490 g/mol. The number of phenols is 1. The number of alkyl halides is 1. The lowest BCUT2D eigenvalue weighted by atomic mass is 9.88. The van der Waals surface area contributed by atoms with Crippen molar-refractivity contribution in [2.75, 3.05) is 33.4 Å². The normalized spacial score (nSPS) is 18.1. The number of allylic oxidation sites excluding steroid dienone is 1. The summed E-state index contributed by atoms with van der Waals surface area (Å²) < 4.78 is 20.5. The molecule has 2 aromatic carbocycles. The smallest absolute Gasteiger partial charge is 0.223 e. The van der Waals surface area contributed by atoms with Gasteiger partial charge in [0.2, 0.25) is 12.4 Å². The van der Waals surface area contributed by atoms with Crippen LogP contribution < -0.4 is 14.3 Å². The maximum atomic E-state index is 12.5. The minimum absolute atomic E-state index is 0.142. The van der Waals surface area contributed by atoms with Gasteiger partial charge in [-0.2, -0.15) is 0 Å². The molecule has 1 saturated heterocycles. The average Bonchev–Trinajstić information content (AvgIpc) is 3.26. The van der Waals surface area contributed by atoms with Crippen LogP contribution in [-0.4, -0.2) is 49.5 Å². The monoisotopic (exact) mass is 489 g/mol. The number of nitrogens with zero attached hydrogens (tertiary/aromatic N) is 2. The quantitative estimate of drug-likeness (QED) is 0.460.